The zero-order valence-electron chi connectivity index (χ0n) is 18.5. The fraction of sp³-hybridized carbons (Fsp3) is 0.591. The van der Waals surface area contributed by atoms with Crippen LogP contribution >= 0.6 is 0 Å². The minimum absolute atomic E-state index is 0.0476. The Morgan fingerprint density at radius 3 is 2.30 bits per heavy atom. The molecule has 1 aliphatic rings. The molecule has 1 aromatic carbocycles. The van der Waals surface area contributed by atoms with Crippen LogP contribution in [0.5, 0.6) is 0 Å². The number of amides is 2. The average molecular weight is 417 g/mol. The second-order valence-corrected chi connectivity index (χ2v) is 9.17. The van der Waals surface area contributed by atoms with Crippen molar-refractivity contribution in [3.63, 3.8) is 0 Å². The van der Waals surface area contributed by atoms with Crippen LogP contribution in [0.1, 0.15) is 53.5 Å². The SMILES string of the molecule is CC(C)n1c(=O)n(C(=O)NCC2CCN(C(=O)OC(C)(C)C)CC2)c2ccccc21. The van der Waals surface area contributed by atoms with Crippen molar-refractivity contribution >= 4 is 23.2 Å². The standard InChI is InChI=1S/C22H32N4O4/c1-15(2)25-17-8-6-7-9-18(17)26(20(25)28)19(27)23-14-16-10-12-24(13-11-16)21(29)30-22(3,4)5/h6-9,15-16H,10-14H2,1-5H3,(H,23,27). The van der Waals surface area contributed by atoms with E-state index in [0.29, 0.717) is 25.2 Å². The monoisotopic (exact) mass is 416 g/mol. The van der Waals surface area contributed by atoms with Gasteiger partial charge in [-0.1, -0.05) is 12.1 Å². The van der Waals surface area contributed by atoms with Crippen LogP contribution in [0.25, 0.3) is 11.0 Å². The Balaban J connectivity index is 1.62. The van der Waals surface area contributed by atoms with Crippen LogP contribution < -0.4 is 11.0 Å². The van der Waals surface area contributed by atoms with Gasteiger partial charge in [-0.15, -0.1) is 0 Å². The van der Waals surface area contributed by atoms with Crippen molar-refractivity contribution in [1.29, 1.82) is 0 Å². The highest BCUT2D eigenvalue weighted by molar-refractivity contribution is 5.89. The van der Waals surface area contributed by atoms with E-state index in [4.69, 9.17) is 4.74 Å². The van der Waals surface area contributed by atoms with E-state index in [-0.39, 0.29) is 23.7 Å². The maximum absolute atomic E-state index is 12.9. The van der Waals surface area contributed by atoms with Crippen LogP contribution in [0.15, 0.2) is 29.1 Å². The van der Waals surface area contributed by atoms with Crippen molar-refractivity contribution in [2.24, 2.45) is 5.92 Å². The number of nitrogens with one attached hydrogen (secondary N) is 1. The van der Waals surface area contributed by atoms with Crippen molar-refractivity contribution in [3.05, 3.63) is 34.7 Å². The largest absolute Gasteiger partial charge is 0.444 e. The van der Waals surface area contributed by atoms with Crippen LogP contribution in [0, 0.1) is 5.92 Å². The molecule has 0 radical (unpaired) electrons. The molecule has 0 bridgehead atoms. The Morgan fingerprint density at radius 2 is 1.73 bits per heavy atom. The molecule has 0 atom stereocenters. The first-order chi connectivity index (χ1) is 14.1. The van der Waals surface area contributed by atoms with Gasteiger partial charge in [0.15, 0.2) is 0 Å². The van der Waals surface area contributed by atoms with Crippen LogP contribution in [0.2, 0.25) is 0 Å². The number of imidazole rings is 1. The summed E-state index contributed by atoms with van der Waals surface area (Å²) >= 11 is 0. The molecule has 0 saturated carbocycles. The zero-order valence-corrected chi connectivity index (χ0v) is 18.5. The van der Waals surface area contributed by atoms with Gasteiger partial charge in [0.2, 0.25) is 0 Å². The van der Waals surface area contributed by atoms with E-state index in [9.17, 15) is 14.4 Å². The maximum atomic E-state index is 12.9. The first-order valence-electron chi connectivity index (χ1n) is 10.6. The van der Waals surface area contributed by atoms with Gasteiger partial charge in [0.1, 0.15) is 5.60 Å². The van der Waals surface area contributed by atoms with Crippen LogP contribution in [0.4, 0.5) is 9.59 Å². The number of ether oxygens (including phenoxy) is 1. The molecular weight excluding hydrogens is 384 g/mol. The minimum atomic E-state index is -0.510. The van der Waals surface area contributed by atoms with Crippen molar-refractivity contribution in [2.45, 2.75) is 59.1 Å². The summed E-state index contributed by atoms with van der Waals surface area (Å²) in [7, 11) is 0. The van der Waals surface area contributed by atoms with E-state index >= 15 is 0 Å². The summed E-state index contributed by atoms with van der Waals surface area (Å²) in [5.74, 6) is 0.252. The van der Waals surface area contributed by atoms with Crippen molar-refractivity contribution < 1.29 is 14.3 Å². The predicted octanol–water partition coefficient (Wildman–Crippen LogP) is 3.59. The molecule has 0 unspecified atom stereocenters. The predicted molar refractivity (Wildman–Crippen MR) is 116 cm³/mol. The fourth-order valence-corrected chi connectivity index (χ4v) is 3.82. The minimum Gasteiger partial charge on any atom is -0.444 e. The van der Waals surface area contributed by atoms with Crippen molar-refractivity contribution in [3.8, 4) is 0 Å². The summed E-state index contributed by atoms with van der Waals surface area (Å²) < 4.78 is 8.27. The molecule has 1 N–H and O–H groups in total. The number of piperidine rings is 1. The smallest absolute Gasteiger partial charge is 0.410 e. The number of carbonyl (C=O) groups excluding carboxylic acids is 2. The maximum Gasteiger partial charge on any atom is 0.410 e. The average Bonchev–Trinajstić information content (AvgIpc) is 2.97. The third-order valence-corrected chi connectivity index (χ3v) is 5.31. The molecule has 1 saturated heterocycles. The number of likely N-dealkylation sites (tertiary alicyclic amines) is 1. The number of aromatic nitrogens is 2. The van der Waals surface area contributed by atoms with Gasteiger partial charge in [0.25, 0.3) is 0 Å². The van der Waals surface area contributed by atoms with Gasteiger partial charge in [-0.2, -0.15) is 0 Å². The van der Waals surface area contributed by atoms with Gasteiger partial charge in [-0.05, 0) is 65.5 Å². The second kappa shape index (κ2) is 8.53. The first kappa shape index (κ1) is 21.9. The van der Waals surface area contributed by atoms with Gasteiger partial charge >= 0.3 is 17.8 Å². The molecule has 1 fully saturated rings. The van der Waals surface area contributed by atoms with E-state index in [2.05, 4.69) is 5.32 Å². The topological polar surface area (TPSA) is 85.6 Å². The Labute approximate surface area is 176 Å². The fourth-order valence-electron chi connectivity index (χ4n) is 3.82. The normalized spacial score (nSPS) is 15.6. The van der Waals surface area contributed by atoms with Gasteiger partial charge in [-0.3, -0.25) is 4.57 Å². The molecule has 1 aliphatic heterocycles. The molecule has 1 aromatic heterocycles. The Morgan fingerprint density at radius 1 is 1.13 bits per heavy atom. The van der Waals surface area contributed by atoms with E-state index < -0.39 is 11.6 Å². The Kier molecular flexibility index (Phi) is 6.24. The summed E-state index contributed by atoms with van der Waals surface area (Å²) in [5, 5.41) is 2.91. The lowest BCUT2D eigenvalue weighted by molar-refractivity contribution is 0.0184. The summed E-state index contributed by atoms with van der Waals surface area (Å²) in [5.41, 5.74) is 0.514. The summed E-state index contributed by atoms with van der Waals surface area (Å²) in [6, 6.07) is 6.87. The number of hydrogen-bond acceptors (Lipinski definition) is 4. The number of fused-ring (bicyclic) bond motifs is 1. The Bertz CT molecular complexity index is 975. The number of benzene rings is 1. The zero-order chi connectivity index (χ0) is 22.1. The molecule has 8 heteroatoms. The van der Waals surface area contributed by atoms with Gasteiger partial charge < -0.3 is 15.0 Å². The number of para-hydroxylation sites is 2. The van der Waals surface area contributed by atoms with E-state index in [1.807, 2.05) is 52.8 Å². The lowest BCUT2D eigenvalue weighted by atomic mass is 9.97. The molecular formula is C22H32N4O4. The van der Waals surface area contributed by atoms with Gasteiger partial charge in [0, 0.05) is 25.7 Å². The number of nitrogens with zero attached hydrogens (tertiary/aromatic N) is 3. The van der Waals surface area contributed by atoms with E-state index in [1.54, 1.807) is 15.5 Å². The molecule has 2 amide bonds. The highest BCUT2D eigenvalue weighted by Crippen LogP contribution is 2.20. The molecule has 8 nitrogen and oxygen atoms in total. The van der Waals surface area contributed by atoms with Crippen LogP contribution in [-0.4, -0.2) is 51.4 Å². The molecule has 3 rings (SSSR count). The van der Waals surface area contributed by atoms with Crippen LogP contribution in [0.3, 0.4) is 0 Å². The number of hydrogen-bond donors (Lipinski definition) is 1. The van der Waals surface area contributed by atoms with Gasteiger partial charge in [0.05, 0.1) is 11.0 Å². The van der Waals surface area contributed by atoms with E-state index in [1.165, 1.54) is 4.57 Å². The lowest BCUT2D eigenvalue weighted by Crippen LogP contribution is -2.45. The first-order valence-corrected chi connectivity index (χ1v) is 10.6. The van der Waals surface area contributed by atoms with Crippen molar-refractivity contribution in [2.75, 3.05) is 19.6 Å². The molecule has 2 aromatic rings. The molecule has 164 valence electrons. The quantitative estimate of drug-likeness (QED) is 0.829. The summed E-state index contributed by atoms with van der Waals surface area (Å²) in [6.45, 7) is 11.1. The highest BCUT2D eigenvalue weighted by Gasteiger charge is 2.27. The third kappa shape index (κ3) is 4.68. The second-order valence-electron chi connectivity index (χ2n) is 9.17. The van der Waals surface area contributed by atoms with Crippen molar-refractivity contribution in [1.82, 2.24) is 19.4 Å². The third-order valence-electron chi connectivity index (χ3n) is 5.31. The molecule has 30 heavy (non-hydrogen) atoms. The highest BCUT2D eigenvalue weighted by atomic mass is 16.6. The van der Waals surface area contributed by atoms with Crippen LogP contribution in [-0.2, 0) is 4.74 Å². The van der Waals surface area contributed by atoms with Gasteiger partial charge in [-0.25, -0.2) is 19.0 Å². The lowest BCUT2D eigenvalue weighted by Gasteiger charge is -2.33. The molecule has 2 heterocycles. The molecule has 0 aliphatic carbocycles. The number of carbonyl (C=O) groups is 2. The Hall–Kier alpha value is -2.77. The summed E-state index contributed by atoms with van der Waals surface area (Å²) in [6.07, 6.45) is 1.27. The molecule has 0 spiro atoms. The summed E-state index contributed by atoms with van der Waals surface area (Å²) in [4.78, 5) is 39.6. The number of rotatable bonds is 3. The van der Waals surface area contributed by atoms with E-state index in [0.717, 1.165) is 18.4 Å².